The van der Waals surface area contributed by atoms with Gasteiger partial charge in [-0.05, 0) is 12.8 Å². The maximum absolute atomic E-state index is 9.65. The second-order valence-corrected chi connectivity index (χ2v) is 6.40. The van der Waals surface area contributed by atoms with E-state index in [9.17, 15) is 5.11 Å². The van der Waals surface area contributed by atoms with Crippen LogP contribution < -0.4 is 0 Å². The minimum atomic E-state index is -0.497. The fourth-order valence-corrected chi connectivity index (χ4v) is 2.46. The fourth-order valence-electron chi connectivity index (χ4n) is 2.46. The summed E-state index contributed by atoms with van der Waals surface area (Å²) in [5.74, 6) is -0.0569. The molecule has 0 spiro atoms. The van der Waals surface area contributed by atoms with E-state index < -0.39 is 6.10 Å². The molecule has 0 radical (unpaired) electrons. The molecule has 0 saturated heterocycles. The first-order valence-corrected chi connectivity index (χ1v) is 9.18. The van der Waals surface area contributed by atoms with Crippen molar-refractivity contribution in [2.24, 2.45) is 5.92 Å². The average molecular weight is 299 g/mol. The minimum Gasteiger partial charge on any atom is -0.396 e. The van der Waals surface area contributed by atoms with Crippen LogP contribution in [0.2, 0.25) is 0 Å². The molecule has 0 aliphatic heterocycles. The maximum atomic E-state index is 9.65. The van der Waals surface area contributed by atoms with Gasteiger partial charge in [0, 0.05) is 12.5 Å². The molecule has 2 unspecified atom stereocenters. The first-order valence-electron chi connectivity index (χ1n) is 9.18. The van der Waals surface area contributed by atoms with Gasteiger partial charge >= 0.3 is 0 Å². The Morgan fingerprint density at radius 1 is 0.810 bits per heavy atom. The van der Waals surface area contributed by atoms with Crippen LogP contribution >= 0.6 is 0 Å². The molecule has 2 nitrogen and oxygen atoms in total. The van der Waals surface area contributed by atoms with Gasteiger partial charge in [-0.2, -0.15) is 0 Å². The predicted molar refractivity (Wildman–Crippen MR) is 92.5 cm³/mol. The van der Waals surface area contributed by atoms with Gasteiger partial charge in [-0.25, -0.2) is 0 Å². The first kappa shape index (κ1) is 20.7. The van der Waals surface area contributed by atoms with E-state index >= 15 is 0 Å². The van der Waals surface area contributed by atoms with Crippen molar-refractivity contribution in [2.45, 2.75) is 97.0 Å². The highest BCUT2D eigenvalue weighted by Gasteiger charge is 2.08. The Morgan fingerprint density at radius 2 is 1.29 bits per heavy atom. The van der Waals surface area contributed by atoms with E-state index in [-0.39, 0.29) is 12.5 Å². The van der Waals surface area contributed by atoms with Gasteiger partial charge < -0.3 is 10.2 Å². The van der Waals surface area contributed by atoms with Crippen molar-refractivity contribution in [2.75, 3.05) is 6.61 Å². The van der Waals surface area contributed by atoms with Crippen molar-refractivity contribution < 1.29 is 10.2 Å². The summed E-state index contributed by atoms with van der Waals surface area (Å²) in [5, 5.41) is 18.6. The van der Waals surface area contributed by atoms with Crippen molar-refractivity contribution in [1.29, 1.82) is 0 Å². The van der Waals surface area contributed by atoms with Crippen molar-refractivity contribution in [3.05, 3.63) is 12.2 Å². The van der Waals surface area contributed by atoms with Crippen LogP contribution in [0.3, 0.4) is 0 Å². The highest BCUT2D eigenvalue weighted by atomic mass is 16.3. The van der Waals surface area contributed by atoms with Crippen LogP contribution in [-0.4, -0.2) is 22.9 Å². The van der Waals surface area contributed by atoms with Gasteiger partial charge in [-0.3, -0.25) is 0 Å². The number of hydrogen-bond acceptors (Lipinski definition) is 2. The van der Waals surface area contributed by atoms with E-state index in [0.717, 1.165) is 6.42 Å². The summed E-state index contributed by atoms with van der Waals surface area (Å²) >= 11 is 0. The van der Waals surface area contributed by atoms with E-state index in [0.29, 0.717) is 0 Å². The normalized spacial score (nSPS) is 14.7. The van der Waals surface area contributed by atoms with Gasteiger partial charge in [0.25, 0.3) is 0 Å². The fraction of sp³-hybridized carbons (Fsp3) is 0.895. The van der Waals surface area contributed by atoms with Crippen molar-refractivity contribution >= 4 is 0 Å². The zero-order valence-corrected chi connectivity index (χ0v) is 14.4. The monoisotopic (exact) mass is 298 g/mol. The van der Waals surface area contributed by atoms with Gasteiger partial charge in [0.1, 0.15) is 0 Å². The molecule has 0 aromatic rings. The molecule has 0 aromatic heterocycles. The third-order valence-electron chi connectivity index (χ3n) is 4.18. The number of unbranched alkanes of at least 4 members (excludes halogenated alkanes) is 11. The molecular weight excluding hydrogens is 260 g/mol. The molecule has 0 heterocycles. The van der Waals surface area contributed by atoms with Crippen LogP contribution in [0.4, 0.5) is 0 Å². The predicted octanol–water partition coefficient (Wildman–Crippen LogP) is 5.23. The molecule has 126 valence electrons. The summed E-state index contributed by atoms with van der Waals surface area (Å²) in [6, 6.07) is 0. The molecule has 0 aliphatic carbocycles. The molecule has 0 amide bonds. The molecule has 2 atom stereocenters. The first-order chi connectivity index (χ1) is 10.2. The van der Waals surface area contributed by atoms with Crippen molar-refractivity contribution in [3.8, 4) is 0 Å². The van der Waals surface area contributed by atoms with Crippen LogP contribution in [0.15, 0.2) is 12.2 Å². The lowest BCUT2D eigenvalue weighted by Crippen LogP contribution is -2.17. The number of hydrogen-bond donors (Lipinski definition) is 2. The number of allylic oxidation sites excluding steroid dienone is 1. The molecule has 0 fully saturated rings. The van der Waals surface area contributed by atoms with Crippen LogP contribution in [-0.2, 0) is 0 Å². The molecule has 0 aromatic carbocycles. The number of rotatable bonds is 15. The van der Waals surface area contributed by atoms with Gasteiger partial charge in [0.2, 0.25) is 0 Å². The summed E-state index contributed by atoms with van der Waals surface area (Å²) in [6.45, 7) is 4.17. The standard InChI is InChI=1S/C19H38O2/c1-3-4-5-6-7-8-9-10-11-12-13-14-15-16-19(21)18(2)17-20/h15-16,18-21H,3-14,17H2,1-2H3/b16-15+. The summed E-state index contributed by atoms with van der Waals surface area (Å²) in [5.41, 5.74) is 0. The molecule has 0 saturated carbocycles. The lowest BCUT2D eigenvalue weighted by Gasteiger charge is -2.11. The Kier molecular flexibility index (Phi) is 15.8. The quantitative estimate of drug-likeness (QED) is 0.321. The number of aliphatic hydroxyl groups excluding tert-OH is 2. The third kappa shape index (κ3) is 14.4. The summed E-state index contributed by atoms with van der Waals surface area (Å²) < 4.78 is 0. The van der Waals surface area contributed by atoms with E-state index in [1.807, 2.05) is 13.0 Å². The van der Waals surface area contributed by atoms with Crippen LogP contribution in [0, 0.1) is 5.92 Å². The molecular formula is C19H38O2. The van der Waals surface area contributed by atoms with Crippen molar-refractivity contribution in [1.82, 2.24) is 0 Å². The zero-order chi connectivity index (χ0) is 15.8. The Labute approximate surface area is 132 Å². The van der Waals surface area contributed by atoms with E-state index in [1.165, 1.54) is 70.6 Å². The SMILES string of the molecule is CCCCCCCCCCCCC/C=C/C(O)C(C)CO. The Balaban J connectivity index is 3.20. The zero-order valence-electron chi connectivity index (χ0n) is 14.4. The van der Waals surface area contributed by atoms with Gasteiger partial charge in [0.15, 0.2) is 0 Å². The van der Waals surface area contributed by atoms with Gasteiger partial charge in [0.05, 0.1) is 6.10 Å². The van der Waals surface area contributed by atoms with Crippen LogP contribution in [0.5, 0.6) is 0 Å². The molecule has 2 heteroatoms. The Morgan fingerprint density at radius 3 is 1.76 bits per heavy atom. The third-order valence-corrected chi connectivity index (χ3v) is 4.18. The van der Waals surface area contributed by atoms with E-state index in [4.69, 9.17) is 5.11 Å². The molecule has 21 heavy (non-hydrogen) atoms. The second-order valence-electron chi connectivity index (χ2n) is 6.40. The van der Waals surface area contributed by atoms with Crippen LogP contribution in [0.1, 0.15) is 90.9 Å². The molecule has 2 N–H and O–H groups in total. The van der Waals surface area contributed by atoms with Gasteiger partial charge in [-0.15, -0.1) is 0 Å². The lowest BCUT2D eigenvalue weighted by atomic mass is 10.0. The highest BCUT2D eigenvalue weighted by Crippen LogP contribution is 2.12. The average Bonchev–Trinajstić information content (AvgIpc) is 2.50. The Hall–Kier alpha value is -0.340. The highest BCUT2D eigenvalue weighted by molar-refractivity contribution is 4.90. The molecule has 0 rings (SSSR count). The lowest BCUT2D eigenvalue weighted by molar-refractivity contribution is 0.111. The smallest absolute Gasteiger partial charge is 0.0768 e. The minimum absolute atomic E-state index is 0.0456. The topological polar surface area (TPSA) is 40.5 Å². The van der Waals surface area contributed by atoms with E-state index in [1.54, 1.807) is 0 Å². The van der Waals surface area contributed by atoms with Crippen LogP contribution in [0.25, 0.3) is 0 Å². The maximum Gasteiger partial charge on any atom is 0.0768 e. The summed E-state index contributed by atoms with van der Waals surface area (Å²) in [4.78, 5) is 0. The summed E-state index contributed by atoms with van der Waals surface area (Å²) in [7, 11) is 0. The van der Waals surface area contributed by atoms with E-state index in [2.05, 4.69) is 13.0 Å². The van der Waals surface area contributed by atoms with Gasteiger partial charge in [-0.1, -0.05) is 90.2 Å². The Bertz CT molecular complexity index is 226. The largest absolute Gasteiger partial charge is 0.396 e. The summed E-state index contributed by atoms with van der Waals surface area (Å²) in [6.07, 6.45) is 19.5. The number of aliphatic hydroxyl groups is 2. The molecule has 0 aliphatic rings. The molecule has 0 bridgehead atoms. The van der Waals surface area contributed by atoms with Crippen molar-refractivity contribution in [3.63, 3.8) is 0 Å². The second kappa shape index (κ2) is 16.0.